The standard InChI is InChI=1S/C18H18N4O2/c23-17(10-13-6-2-1-3-7-13)20-12-18(24)19-11-16-14-8-4-5-9-15(14)21-22-16/h1-9H,10-12H2,(H,19,24)(H,20,23)(H,21,22). The van der Waals surface area contributed by atoms with Crippen LogP contribution in [0.5, 0.6) is 0 Å². The van der Waals surface area contributed by atoms with Gasteiger partial charge in [0.25, 0.3) is 0 Å². The lowest BCUT2D eigenvalue weighted by Crippen LogP contribution is -2.37. The van der Waals surface area contributed by atoms with Crippen LogP contribution in [0.4, 0.5) is 0 Å². The fraction of sp³-hybridized carbons (Fsp3) is 0.167. The van der Waals surface area contributed by atoms with Gasteiger partial charge in [0, 0.05) is 5.39 Å². The van der Waals surface area contributed by atoms with Crippen molar-refractivity contribution in [2.75, 3.05) is 6.54 Å². The molecule has 0 aliphatic heterocycles. The molecular formula is C18H18N4O2. The van der Waals surface area contributed by atoms with Crippen LogP contribution in [0.25, 0.3) is 10.9 Å². The number of para-hydroxylation sites is 1. The third-order valence-electron chi connectivity index (χ3n) is 3.66. The van der Waals surface area contributed by atoms with Gasteiger partial charge in [0.1, 0.15) is 0 Å². The van der Waals surface area contributed by atoms with Crippen molar-refractivity contribution >= 4 is 22.7 Å². The summed E-state index contributed by atoms with van der Waals surface area (Å²) in [7, 11) is 0. The van der Waals surface area contributed by atoms with Crippen LogP contribution < -0.4 is 10.6 Å². The van der Waals surface area contributed by atoms with Gasteiger partial charge in [-0.05, 0) is 11.6 Å². The Labute approximate surface area is 139 Å². The van der Waals surface area contributed by atoms with Crippen LogP contribution >= 0.6 is 0 Å². The van der Waals surface area contributed by atoms with E-state index in [1.54, 1.807) is 0 Å². The Morgan fingerprint density at radius 3 is 2.50 bits per heavy atom. The number of aromatic nitrogens is 2. The van der Waals surface area contributed by atoms with Gasteiger partial charge in [-0.3, -0.25) is 14.7 Å². The molecule has 1 heterocycles. The van der Waals surface area contributed by atoms with E-state index in [0.717, 1.165) is 22.2 Å². The molecule has 3 aromatic rings. The highest BCUT2D eigenvalue weighted by atomic mass is 16.2. The van der Waals surface area contributed by atoms with Crippen LogP contribution in [0.2, 0.25) is 0 Å². The second-order valence-electron chi connectivity index (χ2n) is 5.44. The third kappa shape index (κ3) is 3.98. The molecule has 24 heavy (non-hydrogen) atoms. The molecule has 0 aliphatic rings. The molecular weight excluding hydrogens is 304 g/mol. The summed E-state index contributed by atoms with van der Waals surface area (Å²) in [5, 5.41) is 13.5. The van der Waals surface area contributed by atoms with Crippen molar-refractivity contribution in [3.05, 3.63) is 65.9 Å². The van der Waals surface area contributed by atoms with E-state index < -0.39 is 0 Å². The number of nitrogens with zero attached hydrogens (tertiary/aromatic N) is 1. The Kier molecular flexibility index (Phi) is 4.86. The number of rotatable bonds is 6. The number of carbonyl (C=O) groups is 2. The van der Waals surface area contributed by atoms with Crippen molar-refractivity contribution in [1.29, 1.82) is 0 Å². The number of aromatic amines is 1. The van der Waals surface area contributed by atoms with Gasteiger partial charge in [-0.15, -0.1) is 0 Å². The summed E-state index contributed by atoms with van der Waals surface area (Å²) in [5.41, 5.74) is 2.62. The quantitative estimate of drug-likeness (QED) is 0.643. The van der Waals surface area contributed by atoms with E-state index in [1.807, 2.05) is 54.6 Å². The minimum Gasteiger partial charge on any atom is -0.349 e. The maximum atomic E-state index is 11.9. The molecule has 0 saturated carbocycles. The SMILES string of the molecule is O=C(CNC(=O)Cc1ccccc1)NCc1[nH]nc2ccccc12. The molecule has 6 heteroatoms. The zero-order valence-electron chi connectivity index (χ0n) is 13.1. The van der Waals surface area contributed by atoms with Crippen molar-refractivity contribution in [2.24, 2.45) is 0 Å². The average molecular weight is 322 g/mol. The zero-order chi connectivity index (χ0) is 16.8. The number of H-pyrrole nitrogens is 1. The maximum Gasteiger partial charge on any atom is 0.239 e. The molecule has 122 valence electrons. The minimum absolute atomic E-state index is 0.0439. The molecule has 0 spiro atoms. The van der Waals surface area contributed by atoms with E-state index in [9.17, 15) is 9.59 Å². The number of nitrogens with one attached hydrogen (secondary N) is 3. The highest BCUT2D eigenvalue weighted by molar-refractivity contribution is 5.86. The second kappa shape index (κ2) is 7.41. The Hall–Kier alpha value is -3.15. The number of hydrogen-bond acceptors (Lipinski definition) is 3. The molecule has 0 atom stereocenters. The molecule has 0 saturated heterocycles. The highest BCUT2D eigenvalue weighted by Gasteiger charge is 2.08. The molecule has 0 fully saturated rings. The smallest absolute Gasteiger partial charge is 0.239 e. The summed E-state index contributed by atoms with van der Waals surface area (Å²) < 4.78 is 0. The monoisotopic (exact) mass is 322 g/mol. The molecule has 0 bridgehead atoms. The molecule has 6 nitrogen and oxygen atoms in total. The van der Waals surface area contributed by atoms with Crippen LogP contribution in [-0.4, -0.2) is 28.6 Å². The lowest BCUT2D eigenvalue weighted by atomic mass is 10.1. The Morgan fingerprint density at radius 1 is 0.917 bits per heavy atom. The van der Waals surface area contributed by atoms with Crippen molar-refractivity contribution in [1.82, 2.24) is 20.8 Å². The van der Waals surface area contributed by atoms with Crippen molar-refractivity contribution in [3.8, 4) is 0 Å². The van der Waals surface area contributed by atoms with E-state index in [0.29, 0.717) is 6.54 Å². The largest absolute Gasteiger partial charge is 0.349 e. The van der Waals surface area contributed by atoms with Crippen molar-refractivity contribution in [3.63, 3.8) is 0 Å². The first kappa shape index (κ1) is 15.7. The van der Waals surface area contributed by atoms with Crippen LogP contribution in [0.1, 0.15) is 11.3 Å². The molecule has 2 amide bonds. The Morgan fingerprint density at radius 2 is 1.67 bits per heavy atom. The van der Waals surface area contributed by atoms with Crippen LogP contribution in [0, 0.1) is 0 Å². The normalized spacial score (nSPS) is 10.5. The van der Waals surface area contributed by atoms with Gasteiger partial charge in [0.2, 0.25) is 11.8 Å². The van der Waals surface area contributed by atoms with Gasteiger partial charge in [0.15, 0.2) is 0 Å². The van der Waals surface area contributed by atoms with Crippen LogP contribution in [0.15, 0.2) is 54.6 Å². The lowest BCUT2D eigenvalue weighted by molar-refractivity contribution is -0.125. The van der Waals surface area contributed by atoms with Gasteiger partial charge in [-0.25, -0.2) is 0 Å². The Bertz CT molecular complexity index is 842. The molecule has 2 aromatic carbocycles. The lowest BCUT2D eigenvalue weighted by Gasteiger charge is -2.06. The van der Waals surface area contributed by atoms with Gasteiger partial charge in [-0.1, -0.05) is 48.5 Å². The predicted octanol–water partition coefficient (Wildman–Crippen LogP) is 1.54. The summed E-state index contributed by atoms with van der Waals surface area (Å²) in [6.45, 7) is 0.297. The van der Waals surface area contributed by atoms with E-state index in [4.69, 9.17) is 0 Å². The van der Waals surface area contributed by atoms with Crippen molar-refractivity contribution < 1.29 is 9.59 Å². The number of fused-ring (bicyclic) bond motifs is 1. The summed E-state index contributed by atoms with van der Waals surface area (Å²) >= 11 is 0. The first-order valence-electron chi connectivity index (χ1n) is 7.71. The van der Waals surface area contributed by atoms with Gasteiger partial charge >= 0.3 is 0 Å². The van der Waals surface area contributed by atoms with E-state index in [-0.39, 0.29) is 24.8 Å². The minimum atomic E-state index is -0.241. The van der Waals surface area contributed by atoms with E-state index >= 15 is 0 Å². The maximum absolute atomic E-state index is 11.9. The zero-order valence-corrected chi connectivity index (χ0v) is 13.1. The average Bonchev–Trinajstić information content (AvgIpc) is 3.02. The Balaban J connectivity index is 1.45. The van der Waals surface area contributed by atoms with Gasteiger partial charge < -0.3 is 10.6 Å². The molecule has 0 aliphatic carbocycles. The van der Waals surface area contributed by atoms with E-state index in [1.165, 1.54) is 0 Å². The number of amides is 2. The first-order chi connectivity index (χ1) is 11.7. The topological polar surface area (TPSA) is 86.9 Å². The number of carbonyl (C=O) groups excluding carboxylic acids is 2. The van der Waals surface area contributed by atoms with E-state index in [2.05, 4.69) is 20.8 Å². The summed E-state index contributed by atoms with van der Waals surface area (Å²) in [6.07, 6.45) is 0.263. The molecule has 3 rings (SSSR count). The third-order valence-corrected chi connectivity index (χ3v) is 3.66. The summed E-state index contributed by atoms with van der Waals surface area (Å²) in [6, 6.07) is 17.1. The fourth-order valence-corrected chi connectivity index (χ4v) is 2.42. The summed E-state index contributed by atoms with van der Waals surface area (Å²) in [5.74, 6) is -0.418. The van der Waals surface area contributed by atoms with Crippen LogP contribution in [-0.2, 0) is 22.6 Å². The number of hydrogen-bond donors (Lipinski definition) is 3. The number of benzene rings is 2. The second-order valence-corrected chi connectivity index (χ2v) is 5.44. The van der Waals surface area contributed by atoms with Gasteiger partial charge in [0.05, 0.1) is 30.7 Å². The highest BCUT2D eigenvalue weighted by Crippen LogP contribution is 2.14. The van der Waals surface area contributed by atoms with Gasteiger partial charge in [-0.2, -0.15) is 5.10 Å². The fourth-order valence-electron chi connectivity index (χ4n) is 2.42. The molecule has 3 N–H and O–H groups in total. The predicted molar refractivity (Wildman–Crippen MR) is 91.1 cm³/mol. The first-order valence-corrected chi connectivity index (χ1v) is 7.71. The van der Waals surface area contributed by atoms with Crippen LogP contribution in [0.3, 0.4) is 0 Å². The molecule has 1 aromatic heterocycles. The molecule has 0 radical (unpaired) electrons. The van der Waals surface area contributed by atoms with Crippen molar-refractivity contribution in [2.45, 2.75) is 13.0 Å². The molecule has 0 unspecified atom stereocenters. The summed E-state index contributed by atoms with van der Waals surface area (Å²) in [4.78, 5) is 23.7.